The fourth-order valence-electron chi connectivity index (χ4n) is 2.32. The van der Waals surface area contributed by atoms with Gasteiger partial charge in [0.25, 0.3) is 0 Å². The highest BCUT2D eigenvalue weighted by Crippen LogP contribution is 2.30. The van der Waals surface area contributed by atoms with Crippen molar-refractivity contribution in [1.82, 2.24) is 9.88 Å². The van der Waals surface area contributed by atoms with Crippen LogP contribution in [0.3, 0.4) is 0 Å². The molecule has 2 aromatic rings. The van der Waals surface area contributed by atoms with E-state index < -0.39 is 0 Å². The van der Waals surface area contributed by atoms with Crippen LogP contribution in [0, 0.1) is 0 Å². The highest BCUT2D eigenvalue weighted by Gasteiger charge is 2.11. The third kappa shape index (κ3) is 4.59. The van der Waals surface area contributed by atoms with Crippen LogP contribution in [0.4, 0.5) is 0 Å². The van der Waals surface area contributed by atoms with Crippen LogP contribution in [0.1, 0.15) is 11.1 Å². The molecule has 0 aliphatic heterocycles. The molecular formula is C19H22N2O3. The smallest absolute Gasteiger partial charge is 0.246 e. The van der Waals surface area contributed by atoms with Gasteiger partial charge >= 0.3 is 0 Å². The second kappa shape index (κ2) is 8.72. The molecule has 0 aliphatic carbocycles. The Hall–Kier alpha value is -2.82. The molecule has 5 heteroatoms. The van der Waals surface area contributed by atoms with Crippen LogP contribution in [0.2, 0.25) is 0 Å². The summed E-state index contributed by atoms with van der Waals surface area (Å²) in [5.41, 5.74) is 1.90. The van der Waals surface area contributed by atoms with E-state index in [1.54, 1.807) is 50.7 Å². The summed E-state index contributed by atoms with van der Waals surface area (Å²) < 4.78 is 10.7. The molecule has 0 fully saturated rings. The predicted molar refractivity (Wildman–Crippen MR) is 94.2 cm³/mol. The van der Waals surface area contributed by atoms with E-state index in [1.807, 2.05) is 30.3 Å². The van der Waals surface area contributed by atoms with Gasteiger partial charge in [0.05, 0.1) is 14.2 Å². The number of ether oxygens (including phenoxy) is 2. The number of rotatable bonds is 7. The van der Waals surface area contributed by atoms with E-state index in [0.717, 1.165) is 11.1 Å². The maximum absolute atomic E-state index is 12.2. The number of carbonyl (C=O) groups excluding carboxylic acids is 1. The lowest BCUT2D eigenvalue weighted by Gasteiger charge is -2.17. The zero-order valence-electron chi connectivity index (χ0n) is 14.2. The molecule has 1 aromatic heterocycles. The van der Waals surface area contributed by atoms with E-state index >= 15 is 0 Å². The molecule has 1 amide bonds. The van der Waals surface area contributed by atoms with E-state index in [9.17, 15) is 4.79 Å². The first kappa shape index (κ1) is 17.5. The van der Waals surface area contributed by atoms with Gasteiger partial charge in [-0.05, 0) is 35.8 Å². The molecule has 126 valence electrons. The van der Waals surface area contributed by atoms with Gasteiger partial charge in [-0.25, -0.2) is 0 Å². The van der Waals surface area contributed by atoms with Crippen LogP contribution in [0.25, 0.3) is 6.08 Å². The van der Waals surface area contributed by atoms with Crippen LogP contribution in [0.15, 0.2) is 48.8 Å². The number of methoxy groups -OCH3 is 2. The number of benzene rings is 1. The number of amides is 1. The Kier molecular flexibility index (Phi) is 6.37. The normalized spacial score (nSPS) is 10.6. The second-order valence-corrected chi connectivity index (χ2v) is 5.28. The van der Waals surface area contributed by atoms with Crippen LogP contribution in [-0.4, -0.2) is 43.6 Å². The summed E-state index contributed by atoms with van der Waals surface area (Å²) in [6.45, 7) is 0.583. The van der Waals surface area contributed by atoms with Gasteiger partial charge in [0.15, 0.2) is 11.5 Å². The summed E-state index contributed by atoms with van der Waals surface area (Å²) >= 11 is 0. The quantitative estimate of drug-likeness (QED) is 0.734. The molecule has 0 radical (unpaired) electrons. The highest BCUT2D eigenvalue weighted by molar-refractivity contribution is 5.91. The van der Waals surface area contributed by atoms with Crippen molar-refractivity contribution in [1.29, 1.82) is 0 Å². The molecule has 0 spiro atoms. The van der Waals surface area contributed by atoms with Gasteiger partial charge in [-0.15, -0.1) is 0 Å². The summed E-state index contributed by atoms with van der Waals surface area (Å²) in [5.74, 6) is 1.35. The fraction of sp³-hybridized carbons (Fsp3) is 0.263. The summed E-state index contributed by atoms with van der Waals surface area (Å²) in [6, 6.07) is 9.49. The first-order chi connectivity index (χ1) is 11.7. The highest BCUT2D eigenvalue weighted by atomic mass is 16.5. The third-order valence-corrected chi connectivity index (χ3v) is 3.68. The Labute approximate surface area is 142 Å². The van der Waals surface area contributed by atoms with E-state index in [0.29, 0.717) is 24.5 Å². The van der Waals surface area contributed by atoms with Crippen molar-refractivity contribution in [2.24, 2.45) is 0 Å². The molecule has 0 saturated carbocycles. The van der Waals surface area contributed by atoms with Gasteiger partial charge in [-0.3, -0.25) is 9.78 Å². The van der Waals surface area contributed by atoms with Gasteiger partial charge in [-0.2, -0.15) is 0 Å². The average Bonchev–Trinajstić information content (AvgIpc) is 2.64. The summed E-state index contributed by atoms with van der Waals surface area (Å²) in [5, 5.41) is 0. The minimum Gasteiger partial charge on any atom is -0.493 e. The van der Waals surface area contributed by atoms with Crippen molar-refractivity contribution in [3.63, 3.8) is 0 Å². The molecule has 0 N–H and O–H groups in total. The van der Waals surface area contributed by atoms with E-state index in [-0.39, 0.29) is 5.91 Å². The van der Waals surface area contributed by atoms with Gasteiger partial charge in [0, 0.05) is 32.1 Å². The molecule has 0 saturated heterocycles. The van der Waals surface area contributed by atoms with Crippen molar-refractivity contribution in [2.75, 3.05) is 27.8 Å². The molecule has 0 aliphatic rings. The van der Waals surface area contributed by atoms with Crippen molar-refractivity contribution < 1.29 is 14.3 Å². The summed E-state index contributed by atoms with van der Waals surface area (Å²) in [4.78, 5) is 17.9. The Morgan fingerprint density at radius 1 is 1.21 bits per heavy atom. The Morgan fingerprint density at radius 3 is 2.71 bits per heavy atom. The fourth-order valence-corrected chi connectivity index (χ4v) is 2.32. The number of aromatic nitrogens is 1. The van der Waals surface area contributed by atoms with Crippen molar-refractivity contribution >= 4 is 12.0 Å². The van der Waals surface area contributed by atoms with E-state index in [2.05, 4.69) is 4.98 Å². The number of hydrogen-bond donors (Lipinski definition) is 0. The molecule has 0 atom stereocenters. The number of nitrogens with zero attached hydrogens (tertiary/aromatic N) is 2. The van der Waals surface area contributed by atoms with Crippen molar-refractivity contribution in [2.45, 2.75) is 6.42 Å². The first-order valence-electron chi connectivity index (χ1n) is 7.68. The van der Waals surface area contributed by atoms with Gasteiger partial charge < -0.3 is 14.4 Å². The molecule has 1 aromatic carbocycles. The van der Waals surface area contributed by atoms with E-state index in [4.69, 9.17) is 9.47 Å². The predicted octanol–water partition coefficient (Wildman–Crippen LogP) is 2.81. The lowest BCUT2D eigenvalue weighted by molar-refractivity contribution is -0.124. The zero-order chi connectivity index (χ0) is 17.4. The second-order valence-electron chi connectivity index (χ2n) is 5.28. The topological polar surface area (TPSA) is 51.7 Å². The number of pyridine rings is 1. The summed E-state index contributed by atoms with van der Waals surface area (Å²) in [7, 11) is 5.01. The van der Waals surface area contributed by atoms with Gasteiger partial charge in [-0.1, -0.05) is 18.2 Å². The molecule has 24 heavy (non-hydrogen) atoms. The largest absolute Gasteiger partial charge is 0.493 e. The Balaban J connectivity index is 1.97. The first-order valence-corrected chi connectivity index (χ1v) is 7.68. The molecule has 0 bridgehead atoms. The average molecular weight is 326 g/mol. The Morgan fingerprint density at radius 2 is 2.04 bits per heavy atom. The molecule has 2 rings (SSSR count). The van der Waals surface area contributed by atoms with Crippen molar-refractivity contribution in [3.05, 3.63) is 59.9 Å². The molecule has 0 unspecified atom stereocenters. The lowest BCUT2D eigenvalue weighted by atomic mass is 10.1. The van der Waals surface area contributed by atoms with E-state index in [1.165, 1.54) is 0 Å². The standard InChI is InChI=1S/C19H22N2O3/c1-21(18(22)10-9-15-6-5-12-20-14-15)13-11-16-7-4-8-17(23-2)19(16)24-3/h4-10,12,14H,11,13H2,1-3H3/b10-9+. The number of hydrogen-bond acceptors (Lipinski definition) is 4. The molecule has 1 heterocycles. The van der Waals surface area contributed by atoms with Crippen LogP contribution >= 0.6 is 0 Å². The monoisotopic (exact) mass is 326 g/mol. The van der Waals surface area contributed by atoms with Crippen LogP contribution in [0.5, 0.6) is 11.5 Å². The third-order valence-electron chi connectivity index (χ3n) is 3.68. The van der Waals surface area contributed by atoms with Crippen LogP contribution < -0.4 is 9.47 Å². The number of likely N-dealkylation sites (N-methyl/N-ethyl adjacent to an activating group) is 1. The van der Waals surface area contributed by atoms with Gasteiger partial charge in [0.2, 0.25) is 5.91 Å². The SMILES string of the molecule is COc1cccc(CCN(C)C(=O)/C=C/c2cccnc2)c1OC. The molecule has 5 nitrogen and oxygen atoms in total. The zero-order valence-corrected chi connectivity index (χ0v) is 14.2. The maximum Gasteiger partial charge on any atom is 0.246 e. The number of para-hydroxylation sites is 1. The minimum absolute atomic E-state index is 0.0549. The summed E-state index contributed by atoms with van der Waals surface area (Å²) in [6.07, 6.45) is 7.42. The molecular weight excluding hydrogens is 304 g/mol. The number of carbonyl (C=O) groups is 1. The van der Waals surface area contributed by atoms with Crippen LogP contribution in [-0.2, 0) is 11.2 Å². The lowest BCUT2D eigenvalue weighted by Crippen LogP contribution is -2.27. The Bertz CT molecular complexity index is 699. The van der Waals surface area contributed by atoms with Gasteiger partial charge in [0.1, 0.15) is 0 Å². The maximum atomic E-state index is 12.2. The van der Waals surface area contributed by atoms with Crippen molar-refractivity contribution in [3.8, 4) is 11.5 Å². The minimum atomic E-state index is -0.0549.